The lowest BCUT2D eigenvalue weighted by molar-refractivity contribution is 0.00578. The highest BCUT2D eigenvalue weighted by Crippen LogP contribution is 2.46. The van der Waals surface area contributed by atoms with Gasteiger partial charge in [0, 0.05) is 17.5 Å². The Hall–Kier alpha value is -0.715. The van der Waals surface area contributed by atoms with E-state index < -0.39 is 18.3 Å². The van der Waals surface area contributed by atoms with Crippen LogP contribution in [-0.4, -0.2) is 23.3 Å². The summed E-state index contributed by atoms with van der Waals surface area (Å²) >= 11 is 1.63. The van der Waals surface area contributed by atoms with Crippen LogP contribution in [0.5, 0.6) is 0 Å². The summed E-state index contributed by atoms with van der Waals surface area (Å²) in [6.07, 6.45) is 3.25. The Morgan fingerprint density at radius 1 is 1.30 bits per heavy atom. The van der Waals surface area contributed by atoms with Crippen molar-refractivity contribution in [3.8, 4) is 0 Å². The fourth-order valence-electron chi connectivity index (χ4n) is 2.45. The van der Waals surface area contributed by atoms with Gasteiger partial charge in [-0.3, -0.25) is 0 Å². The Labute approximate surface area is 123 Å². The second kappa shape index (κ2) is 4.65. The zero-order valence-corrected chi connectivity index (χ0v) is 13.1. The number of hydrogen-bond donors (Lipinski definition) is 0. The van der Waals surface area contributed by atoms with Crippen molar-refractivity contribution in [1.29, 1.82) is 0 Å². The summed E-state index contributed by atoms with van der Waals surface area (Å²) in [5.41, 5.74) is -0.414. The van der Waals surface area contributed by atoms with Gasteiger partial charge in [0.05, 0.1) is 16.2 Å². The number of allylic oxidation sites excluding steroid dienone is 1. The normalized spacial score (nSPS) is 27.6. The van der Waals surface area contributed by atoms with Crippen molar-refractivity contribution in [3.05, 3.63) is 27.9 Å². The maximum absolute atomic E-state index is 14.5. The van der Waals surface area contributed by atoms with Gasteiger partial charge in [0.2, 0.25) is 0 Å². The summed E-state index contributed by atoms with van der Waals surface area (Å²) in [6.45, 7) is 7.74. The molecule has 1 aliphatic carbocycles. The molecule has 2 aliphatic rings. The molecule has 0 atom stereocenters. The van der Waals surface area contributed by atoms with Gasteiger partial charge in [-0.25, -0.2) is 9.37 Å². The lowest BCUT2D eigenvalue weighted by Crippen LogP contribution is -2.41. The van der Waals surface area contributed by atoms with Gasteiger partial charge in [-0.2, -0.15) is 0 Å². The predicted octanol–water partition coefficient (Wildman–Crippen LogP) is 3.88. The predicted molar refractivity (Wildman–Crippen MR) is 78.3 cm³/mol. The summed E-state index contributed by atoms with van der Waals surface area (Å²) < 4.78 is 25.9. The summed E-state index contributed by atoms with van der Waals surface area (Å²) in [7, 11) is -0.854. The van der Waals surface area contributed by atoms with E-state index in [-0.39, 0.29) is 5.73 Å². The average molecular weight is 295 g/mol. The molecule has 0 spiro atoms. The topological polar surface area (TPSA) is 31.4 Å². The van der Waals surface area contributed by atoms with Gasteiger partial charge in [0.1, 0.15) is 5.73 Å². The van der Waals surface area contributed by atoms with Crippen LogP contribution in [0.2, 0.25) is 0 Å². The highest BCUT2D eigenvalue weighted by atomic mass is 32.1. The molecule has 20 heavy (non-hydrogen) atoms. The average Bonchev–Trinajstić information content (AvgIpc) is 2.84. The van der Waals surface area contributed by atoms with E-state index in [0.29, 0.717) is 5.92 Å². The SMILES string of the molecule is CC1(C)OB(C(F)=C2CC(c3nccs3)C2)OC1(C)C. The molecule has 0 aromatic carbocycles. The molecule has 2 fully saturated rings. The van der Waals surface area contributed by atoms with Gasteiger partial charge in [0.15, 0.2) is 0 Å². The minimum atomic E-state index is -0.854. The van der Waals surface area contributed by atoms with Crippen LogP contribution in [0, 0.1) is 0 Å². The first-order valence-electron chi connectivity index (χ1n) is 6.92. The highest BCUT2D eigenvalue weighted by molar-refractivity contribution is 7.09. The van der Waals surface area contributed by atoms with E-state index in [1.54, 1.807) is 17.5 Å². The van der Waals surface area contributed by atoms with Crippen molar-refractivity contribution in [2.24, 2.45) is 0 Å². The van der Waals surface area contributed by atoms with Crippen LogP contribution in [0.3, 0.4) is 0 Å². The Balaban J connectivity index is 1.69. The smallest absolute Gasteiger partial charge is 0.398 e. The van der Waals surface area contributed by atoms with Crippen LogP contribution in [0.4, 0.5) is 4.39 Å². The van der Waals surface area contributed by atoms with Crippen LogP contribution in [0.25, 0.3) is 0 Å². The van der Waals surface area contributed by atoms with E-state index in [1.807, 2.05) is 33.1 Å². The Morgan fingerprint density at radius 3 is 2.40 bits per heavy atom. The fourth-order valence-corrected chi connectivity index (χ4v) is 3.20. The summed E-state index contributed by atoms with van der Waals surface area (Å²) in [4.78, 5) is 4.29. The third-order valence-electron chi connectivity index (χ3n) is 4.58. The summed E-state index contributed by atoms with van der Waals surface area (Å²) in [6, 6.07) is 0. The first kappa shape index (κ1) is 14.2. The van der Waals surface area contributed by atoms with E-state index in [1.165, 1.54) is 0 Å². The van der Waals surface area contributed by atoms with Gasteiger partial charge in [0.25, 0.3) is 0 Å². The number of rotatable bonds is 2. The molecular weight excluding hydrogens is 276 g/mol. The van der Waals surface area contributed by atoms with Crippen molar-refractivity contribution in [3.63, 3.8) is 0 Å². The van der Waals surface area contributed by atoms with Crippen LogP contribution >= 0.6 is 11.3 Å². The molecule has 108 valence electrons. The Kier molecular flexibility index (Phi) is 3.31. The van der Waals surface area contributed by atoms with Crippen LogP contribution < -0.4 is 0 Å². The quantitative estimate of drug-likeness (QED) is 0.776. The molecule has 3 rings (SSSR count). The molecule has 3 nitrogen and oxygen atoms in total. The van der Waals surface area contributed by atoms with Gasteiger partial charge in [-0.1, -0.05) is 0 Å². The number of thiazole rings is 1. The van der Waals surface area contributed by atoms with Crippen molar-refractivity contribution < 1.29 is 13.7 Å². The molecule has 0 bridgehead atoms. The van der Waals surface area contributed by atoms with Crippen molar-refractivity contribution in [1.82, 2.24) is 4.98 Å². The number of hydrogen-bond acceptors (Lipinski definition) is 4. The molecule has 1 saturated carbocycles. The monoisotopic (exact) mass is 295 g/mol. The molecule has 0 radical (unpaired) electrons. The molecule has 1 saturated heterocycles. The first-order chi connectivity index (χ1) is 9.30. The van der Waals surface area contributed by atoms with Crippen LogP contribution in [-0.2, 0) is 9.31 Å². The van der Waals surface area contributed by atoms with Gasteiger partial charge in [-0.15, -0.1) is 11.3 Å². The highest BCUT2D eigenvalue weighted by Gasteiger charge is 2.54. The van der Waals surface area contributed by atoms with Crippen molar-refractivity contribution >= 4 is 18.5 Å². The maximum atomic E-state index is 14.5. The van der Waals surface area contributed by atoms with E-state index in [2.05, 4.69) is 4.98 Å². The lowest BCUT2D eigenvalue weighted by atomic mass is 9.72. The van der Waals surface area contributed by atoms with E-state index in [0.717, 1.165) is 23.4 Å². The van der Waals surface area contributed by atoms with Gasteiger partial charge < -0.3 is 9.31 Å². The molecule has 6 heteroatoms. The lowest BCUT2D eigenvalue weighted by Gasteiger charge is -2.32. The van der Waals surface area contributed by atoms with Crippen LogP contribution in [0.1, 0.15) is 51.5 Å². The minimum absolute atomic E-state index is 0.239. The second-order valence-electron chi connectivity index (χ2n) is 6.52. The molecule has 0 amide bonds. The van der Waals surface area contributed by atoms with Crippen LogP contribution in [0.15, 0.2) is 22.9 Å². The maximum Gasteiger partial charge on any atom is 0.525 e. The van der Waals surface area contributed by atoms with E-state index in [9.17, 15) is 4.39 Å². The van der Waals surface area contributed by atoms with Gasteiger partial charge >= 0.3 is 7.12 Å². The van der Waals surface area contributed by atoms with E-state index in [4.69, 9.17) is 9.31 Å². The Bertz CT molecular complexity index is 517. The fraction of sp³-hybridized carbons (Fsp3) is 0.643. The summed E-state index contributed by atoms with van der Waals surface area (Å²) in [5, 5.41) is 3.05. The molecule has 1 aromatic rings. The third kappa shape index (κ3) is 2.24. The molecule has 2 heterocycles. The molecular formula is C14H19BFNO2S. The van der Waals surface area contributed by atoms with Crippen molar-refractivity contribution in [2.75, 3.05) is 0 Å². The zero-order chi connectivity index (χ0) is 14.5. The Morgan fingerprint density at radius 2 is 1.90 bits per heavy atom. The number of aromatic nitrogens is 1. The van der Waals surface area contributed by atoms with Gasteiger partial charge in [-0.05, 0) is 46.1 Å². The number of nitrogens with zero attached hydrogens (tertiary/aromatic N) is 1. The zero-order valence-electron chi connectivity index (χ0n) is 12.3. The molecule has 1 aromatic heterocycles. The second-order valence-corrected chi connectivity index (χ2v) is 7.44. The molecule has 0 unspecified atom stereocenters. The largest absolute Gasteiger partial charge is 0.525 e. The van der Waals surface area contributed by atoms with E-state index >= 15 is 0 Å². The minimum Gasteiger partial charge on any atom is -0.398 e. The first-order valence-corrected chi connectivity index (χ1v) is 7.80. The standard InChI is InChI=1S/C14H19BFNO2S/c1-13(2)14(3,4)19-15(18-13)11(16)9-7-10(8-9)12-17-5-6-20-12/h5-6,10H,7-8H2,1-4H3. The molecule has 1 aliphatic heterocycles. The number of halogens is 1. The molecule has 0 N–H and O–H groups in total. The summed E-state index contributed by atoms with van der Waals surface area (Å²) in [5.74, 6) is 0.359. The van der Waals surface area contributed by atoms with Crippen molar-refractivity contribution in [2.45, 2.75) is 57.7 Å². The third-order valence-corrected chi connectivity index (χ3v) is 5.52.